The van der Waals surface area contributed by atoms with Gasteiger partial charge >= 0.3 is 6.18 Å². The van der Waals surface area contributed by atoms with E-state index in [0.29, 0.717) is 11.5 Å². The van der Waals surface area contributed by atoms with Crippen molar-refractivity contribution in [3.8, 4) is 0 Å². The second kappa shape index (κ2) is 7.97. The molecule has 0 aliphatic heterocycles. The van der Waals surface area contributed by atoms with Gasteiger partial charge in [-0.05, 0) is 74.6 Å². The van der Waals surface area contributed by atoms with Crippen LogP contribution in [0.15, 0.2) is 24.3 Å². The second-order valence-corrected chi connectivity index (χ2v) is 7.69. The number of carbonyl (C=O) groups excluding carboxylic acids is 1. The zero-order valence-corrected chi connectivity index (χ0v) is 16.2. The predicted molar refractivity (Wildman–Crippen MR) is 101 cm³/mol. The summed E-state index contributed by atoms with van der Waals surface area (Å²) in [7, 11) is 0. The van der Waals surface area contributed by atoms with E-state index in [1.807, 2.05) is 6.92 Å². The Morgan fingerprint density at radius 1 is 1.21 bits per heavy atom. The van der Waals surface area contributed by atoms with Crippen LogP contribution in [0.3, 0.4) is 0 Å². The Balaban J connectivity index is 1.71. The highest BCUT2D eigenvalue weighted by atomic mass is 19.4. The number of halogens is 3. The number of aryl methyl sites for hydroxylation is 2. The number of aromatic nitrogens is 2. The van der Waals surface area contributed by atoms with Crippen LogP contribution in [0.25, 0.3) is 0 Å². The van der Waals surface area contributed by atoms with Gasteiger partial charge in [-0.3, -0.25) is 9.48 Å². The minimum Gasteiger partial charge on any atom is -0.366 e. The number of carbonyl (C=O) groups is 1. The fourth-order valence-electron chi connectivity index (χ4n) is 4.24. The highest BCUT2D eigenvalue weighted by Gasteiger charge is 2.33. The van der Waals surface area contributed by atoms with E-state index in [0.717, 1.165) is 56.5 Å². The summed E-state index contributed by atoms with van der Waals surface area (Å²) in [5, 5.41) is 4.57. The lowest BCUT2D eigenvalue weighted by Gasteiger charge is -2.30. The van der Waals surface area contributed by atoms with Crippen molar-refractivity contribution in [2.45, 2.75) is 64.6 Å². The van der Waals surface area contributed by atoms with Gasteiger partial charge in [0, 0.05) is 17.8 Å². The van der Waals surface area contributed by atoms with E-state index in [2.05, 4.69) is 22.8 Å². The number of benzene rings is 1. The Bertz CT molecular complexity index is 849. The summed E-state index contributed by atoms with van der Waals surface area (Å²) in [5.41, 5.74) is 7.42. The van der Waals surface area contributed by atoms with Crippen molar-refractivity contribution in [2.24, 2.45) is 11.7 Å². The summed E-state index contributed by atoms with van der Waals surface area (Å²) < 4.78 is 41.0. The third kappa shape index (κ3) is 4.39. The number of rotatable bonds is 5. The van der Waals surface area contributed by atoms with E-state index in [-0.39, 0.29) is 11.5 Å². The van der Waals surface area contributed by atoms with Crippen molar-refractivity contribution in [2.75, 3.05) is 0 Å². The molecule has 1 amide bonds. The summed E-state index contributed by atoms with van der Waals surface area (Å²) in [4.78, 5) is 11.8. The molecule has 0 spiro atoms. The van der Waals surface area contributed by atoms with E-state index in [9.17, 15) is 18.0 Å². The molecule has 0 saturated heterocycles. The first-order chi connectivity index (χ1) is 13.2. The number of hydrogen-bond acceptors (Lipinski definition) is 2. The monoisotopic (exact) mass is 393 g/mol. The first-order valence-corrected chi connectivity index (χ1v) is 9.73. The van der Waals surface area contributed by atoms with Crippen molar-refractivity contribution >= 4 is 5.91 Å². The van der Waals surface area contributed by atoms with Crippen LogP contribution in [-0.4, -0.2) is 15.7 Å². The molecule has 3 rings (SSSR count). The molecule has 152 valence electrons. The Morgan fingerprint density at radius 2 is 1.89 bits per heavy atom. The van der Waals surface area contributed by atoms with Gasteiger partial charge in [-0.1, -0.05) is 13.0 Å². The van der Waals surface area contributed by atoms with Crippen LogP contribution in [-0.2, 0) is 19.1 Å². The van der Waals surface area contributed by atoms with E-state index in [1.165, 1.54) is 11.8 Å². The third-order valence-corrected chi connectivity index (χ3v) is 5.71. The fraction of sp³-hybridized carbons (Fsp3) is 0.524. The molecule has 2 aromatic rings. The zero-order valence-electron chi connectivity index (χ0n) is 16.2. The number of alkyl halides is 3. The van der Waals surface area contributed by atoms with Gasteiger partial charge in [-0.25, -0.2) is 0 Å². The van der Waals surface area contributed by atoms with Crippen LogP contribution in [0, 0.1) is 12.8 Å². The smallest absolute Gasteiger partial charge is 0.366 e. The predicted octanol–water partition coefficient (Wildman–Crippen LogP) is 4.85. The normalized spacial score (nSPS) is 20.3. The number of amides is 1. The molecule has 7 heteroatoms. The summed E-state index contributed by atoms with van der Waals surface area (Å²) in [5.74, 6) is -0.263. The minimum absolute atomic E-state index is 0.00533. The summed E-state index contributed by atoms with van der Waals surface area (Å²) in [6.07, 6.45) is 0.0108. The van der Waals surface area contributed by atoms with Gasteiger partial charge in [-0.2, -0.15) is 18.3 Å². The SMILES string of the molecule is CCc1cc(C)nn1C[C@H]1CC[C@H](c2ccc(C(F)(F)F)cc2C(N)=O)CC1. The average molecular weight is 393 g/mol. The van der Waals surface area contributed by atoms with Crippen molar-refractivity contribution in [1.29, 1.82) is 0 Å². The van der Waals surface area contributed by atoms with Crippen molar-refractivity contribution in [3.05, 3.63) is 52.3 Å². The van der Waals surface area contributed by atoms with E-state index >= 15 is 0 Å². The molecular formula is C21H26F3N3O. The van der Waals surface area contributed by atoms with E-state index in [1.54, 1.807) is 0 Å². The maximum absolute atomic E-state index is 13.0. The molecule has 1 aliphatic rings. The summed E-state index contributed by atoms with van der Waals surface area (Å²) in [6.45, 7) is 4.96. The zero-order chi connectivity index (χ0) is 20.5. The Hall–Kier alpha value is -2.31. The molecule has 1 aliphatic carbocycles. The number of hydrogen-bond donors (Lipinski definition) is 1. The van der Waals surface area contributed by atoms with Gasteiger partial charge < -0.3 is 5.73 Å². The van der Waals surface area contributed by atoms with Gasteiger partial charge in [-0.15, -0.1) is 0 Å². The van der Waals surface area contributed by atoms with E-state index in [4.69, 9.17) is 5.73 Å². The van der Waals surface area contributed by atoms with Gasteiger partial charge in [0.25, 0.3) is 0 Å². The van der Waals surface area contributed by atoms with Crippen LogP contribution in [0.2, 0.25) is 0 Å². The summed E-state index contributed by atoms with van der Waals surface area (Å²) >= 11 is 0. The molecule has 28 heavy (non-hydrogen) atoms. The van der Waals surface area contributed by atoms with Gasteiger partial charge in [0.05, 0.1) is 11.3 Å². The maximum Gasteiger partial charge on any atom is 0.416 e. The Kier molecular flexibility index (Phi) is 5.82. The molecule has 0 bridgehead atoms. The van der Waals surface area contributed by atoms with Crippen molar-refractivity contribution in [3.63, 3.8) is 0 Å². The van der Waals surface area contributed by atoms with Crippen LogP contribution < -0.4 is 5.73 Å². The standard InChI is InChI=1S/C21H26F3N3O/c1-3-17-10-13(2)26-27(17)12-14-4-6-15(7-5-14)18-9-8-16(21(22,23)24)11-19(18)20(25)28/h8-11,14-15H,3-7,12H2,1-2H3,(H2,25,28)/t14-,15-. The molecule has 1 heterocycles. The largest absolute Gasteiger partial charge is 0.416 e. The lowest BCUT2D eigenvalue weighted by molar-refractivity contribution is -0.137. The molecule has 1 aromatic heterocycles. The quantitative estimate of drug-likeness (QED) is 0.790. The second-order valence-electron chi connectivity index (χ2n) is 7.69. The Labute approximate surface area is 162 Å². The van der Waals surface area contributed by atoms with Gasteiger partial charge in [0.2, 0.25) is 5.91 Å². The molecule has 0 atom stereocenters. The molecule has 1 aromatic carbocycles. The molecule has 0 radical (unpaired) electrons. The molecular weight excluding hydrogens is 367 g/mol. The maximum atomic E-state index is 13.0. The topological polar surface area (TPSA) is 60.9 Å². The van der Waals surface area contributed by atoms with Crippen molar-refractivity contribution in [1.82, 2.24) is 9.78 Å². The highest BCUT2D eigenvalue weighted by molar-refractivity contribution is 5.94. The summed E-state index contributed by atoms with van der Waals surface area (Å²) in [6, 6.07) is 5.48. The molecule has 2 N–H and O–H groups in total. The van der Waals surface area contributed by atoms with Gasteiger partial charge in [0.15, 0.2) is 0 Å². The lowest BCUT2D eigenvalue weighted by atomic mass is 9.77. The fourth-order valence-corrected chi connectivity index (χ4v) is 4.24. The first kappa shape index (κ1) is 20.4. The third-order valence-electron chi connectivity index (χ3n) is 5.71. The average Bonchev–Trinajstić information content (AvgIpc) is 3.00. The highest BCUT2D eigenvalue weighted by Crippen LogP contribution is 2.39. The van der Waals surface area contributed by atoms with Crippen LogP contribution >= 0.6 is 0 Å². The van der Waals surface area contributed by atoms with Gasteiger partial charge in [0.1, 0.15) is 0 Å². The molecule has 0 unspecified atom stereocenters. The Morgan fingerprint density at radius 3 is 2.46 bits per heavy atom. The number of nitrogens with zero attached hydrogens (tertiary/aromatic N) is 2. The first-order valence-electron chi connectivity index (χ1n) is 9.73. The number of primary amides is 1. The number of nitrogens with two attached hydrogens (primary N) is 1. The minimum atomic E-state index is -4.49. The van der Waals surface area contributed by atoms with Crippen molar-refractivity contribution < 1.29 is 18.0 Å². The molecule has 4 nitrogen and oxygen atoms in total. The van der Waals surface area contributed by atoms with Crippen LogP contribution in [0.1, 0.15) is 71.4 Å². The molecule has 1 saturated carbocycles. The van der Waals surface area contributed by atoms with E-state index < -0.39 is 17.6 Å². The lowest BCUT2D eigenvalue weighted by Crippen LogP contribution is -2.22. The molecule has 1 fully saturated rings. The van der Waals surface area contributed by atoms with Crippen LogP contribution in [0.4, 0.5) is 13.2 Å². The van der Waals surface area contributed by atoms with Crippen LogP contribution in [0.5, 0.6) is 0 Å².